The minimum Gasteiger partial charge on any atom is -0.324 e. The fourth-order valence-corrected chi connectivity index (χ4v) is 2.12. The van der Waals surface area contributed by atoms with Gasteiger partial charge in [0.25, 0.3) is 0 Å². The molecule has 18 heavy (non-hydrogen) atoms. The predicted molar refractivity (Wildman–Crippen MR) is 70.1 cm³/mol. The number of hydrogen-bond donors (Lipinski definition) is 1. The maximum atomic E-state index is 12.0. The van der Waals surface area contributed by atoms with Gasteiger partial charge in [0.05, 0.1) is 11.6 Å². The Morgan fingerprint density at radius 2 is 2.06 bits per heavy atom. The standard InChI is InChI=1S/C14H17N3O/c1-14(2)7-8-17(10-14)13(18)16-12-5-3-11(9-15)4-6-12/h3-6H,7-8,10H2,1-2H3,(H,16,18). The molecule has 94 valence electrons. The van der Waals surface area contributed by atoms with E-state index in [4.69, 9.17) is 5.26 Å². The van der Waals surface area contributed by atoms with E-state index >= 15 is 0 Å². The van der Waals surface area contributed by atoms with Gasteiger partial charge in [0, 0.05) is 18.8 Å². The third-order valence-electron chi connectivity index (χ3n) is 3.23. The number of nitrogens with one attached hydrogen (secondary N) is 1. The zero-order valence-electron chi connectivity index (χ0n) is 10.7. The second-order valence-corrected chi connectivity index (χ2v) is 5.46. The van der Waals surface area contributed by atoms with Crippen molar-refractivity contribution in [2.24, 2.45) is 5.41 Å². The van der Waals surface area contributed by atoms with Gasteiger partial charge in [-0.15, -0.1) is 0 Å². The van der Waals surface area contributed by atoms with Gasteiger partial charge in [-0.2, -0.15) is 5.26 Å². The number of amides is 2. The number of benzene rings is 1. The Morgan fingerprint density at radius 3 is 2.56 bits per heavy atom. The van der Waals surface area contributed by atoms with E-state index in [1.165, 1.54) is 0 Å². The van der Waals surface area contributed by atoms with Crippen LogP contribution in [-0.2, 0) is 0 Å². The van der Waals surface area contributed by atoms with Gasteiger partial charge in [-0.25, -0.2) is 4.79 Å². The summed E-state index contributed by atoms with van der Waals surface area (Å²) < 4.78 is 0. The fraction of sp³-hybridized carbons (Fsp3) is 0.429. The van der Waals surface area contributed by atoms with Gasteiger partial charge in [0.15, 0.2) is 0 Å². The largest absolute Gasteiger partial charge is 0.324 e. The SMILES string of the molecule is CC1(C)CCN(C(=O)Nc2ccc(C#N)cc2)C1. The quantitative estimate of drug-likeness (QED) is 0.824. The molecule has 1 N–H and O–H groups in total. The van der Waals surface area contributed by atoms with E-state index in [1.807, 2.05) is 4.90 Å². The molecule has 0 saturated carbocycles. The summed E-state index contributed by atoms with van der Waals surface area (Å²) in [6.45, 7) is 5.92. The van der Waals surface area contributed by atoms with E-state index in [0.29, 0.717) is 5.56 Å². The minimum absolute atomic E-state index is 0.0646. The molecule has 0 bridgehead atoms. The molecule has 0 atom stereocenters. The maximum Gasteiger partial charge on any atom is 0.321 e. The van der Waals surface area contributed by atoms with Gasteiger partial charge >= 0.3 is 6.03 Å². The number of carbonyl (C=O) groups excluding carboxylic acids is 1. The Hall–Kier alpha value is -2.02. The number of likely N-dealkylation sites (tertiary alicyclic amines) is 1. The van der Waals surface area contributed by atoms with Crippen molar-refractivity contribution < 1.29 is 4.79 Å². The highest BCUT2D eigenvalue weighted by molar-refractivity contribution is 5.89. The van der Waals surface area contributed by atoms with Gasteiger partial charge in [0.1, 0.15) is 0 Å². The molecule has 1 aliphatic heterocycles. The average Bonchev–Trinajstić information content (AvgIpc) is 2.71. The van der Waals surface area contributed by atoms with E-state index in [-0.39, 0.29) is 11.4 Å². The summed E-state index contributed by atoms with van der Waals surface area (Å²) >= 11 is 0. The summed E-state index contributed by atoms with van der Waals surface area (Å²) in [5.41, 5.74) is 1.53. The molecule has 0 spiro atoms. The van der Waals surface area contributed by atoms with Crippen LogP contribution in [0.1, 0.15) is 25.8 Å². The lowest BCUT2D eigenvalue weighted by Crippen LogP contribution is -2.34. The number of anilines is 1. The highest BCUT2D eigenvalue weighted by Gasteiger charge is 2.31. The summed E-state index contributed by atoms with van der Waals surface area (Å²) in [4.78, 5) is 13.8. The number of nitriles is 1. The minimum atomic E-state index is -0.0646. The fourth-order valence-electron chi connectivity index (χ4n) is 2.12. The van der Waals surface area contributed by atoms with Crippen molar-refractivity contribution in [1.29, 1.82) is 5.26 Å². The maximum absolute atomic E-state index is 12.0. The van der Waals surface area contributed by atoms with Crippen molar-refractivity contribution >= 4 is 11.7 Å². The third-order valence-corrected chi connectivity index (χ3v) is 3.23. The lowest BCUT2D eigenvalue weighted by molar-refractivity contribution is 0.217. The molecule has 2 amide bonds. The van der Waals surface area contributed by atoms with Crippen molar-refractivity contribution in [3.63, 3.8) is 0 Å². The number of nitrogens with zero attached hydrogens (tertiary/aromatic N) is 2. The molecule has 0 radical (unpaired) electrons. The first-order chi connectivity index (χ1) is 8.50. The number of carbonyl (C=O) groups is 1. The van der Waals surface area contributed by atoms with Crippen LogP contribution in [-0.4, -0.2) is 24.0 Å². The lowest BCUT2D eigenvalue weighted by Gasteiger charge is -2.20. The number of hydrogen-bond acceptors (Lipinski definition) is 2. The highest BCUT2D eigenvalue weighted by Crippen LogP contribution is 2.29. The monoisotopic (exact) mass is 243 g/mol. The third kappa shape index (κ3) is 2.80. The smallest absolute Gasteiger partial charge is 0.321 e. The summed E-state index contributed by atoms with van der Waals surface area (Å²) in [7, 11) is 0. The average molecular weight is 243 g/mol. The van der Waals surface area contributed by atoms with Gasteiger partial charge in [-0.05, 0) is 36.1 Å². The highest BCUT2D eigenvalue weighted by atomic mass is 16.2. The van der Waals surface area contributed by atoms with Crippen LogP contribution in [0.15, 0.2) is 24.3 Å². The Kier molecular flexibility index (Phi) is 3.24. The summed E-state index contributed by atoms with van der Waals surface area (Å²) in [6, 6.07) is 8.88. The molecule has 1 fully saturated rings. The predicted octanol–water partition coefficient (Wildman–Crippen LogP) is 2.82. The molecule has 4 nitrogen and oxygen atoms in total. The van der Waals surface area contributed by atoms with Crippen LogP contribution >= 0.6 is 0 Å². The molecule has 4 heteroatoms. The van der Waals surface area contributed by atoms with Crippen LogP contribution in [0.5, 0.6) is 0 Å². The molecule has 1 saturated heterocycles. The molecule has 0 aliphatic carbocycles. The van der Waals surface area contributed by atoms with E-state index in [2.05, 4.69) is 25.2 Å². The Morgan fingerprint density at radius 1 is 1.39 bits per heavy atom. The Bertz CT molecular complexity index is 485. The normalized spacial score (nSPS) is 17.3. The molecule has 1 aliphatic rings. The van der Waals surface area contributed by atoms with E-state index in [0.717, 1.165) is 25.2 Å². The Labute approximate surface area is 107 Å². The van der Waals surface area contributed by atoms with Crippen molar-refractivity contribution in [1.82, 2.24) is 4.90 Å². The summed E-state index contributed by atoms with van der Waals surface area (Å²) in [5.74, 6) is 0. The van der Waals surface area contributed by atoms with Gasteiger partial charge in [-0.1, -0.05) is 13.8 Å². The van der Waals surface area contributed by atoms with Crippen LogP contribution in [0.25, 0.3) is 0 Å². The molecular weight excluding hydrogens is 226 g/mol. The molecule has 1 aromatic carbocycles. The molecule has 0 aromatic heterocycles. The molecular formula is C14H17N3O. The van der Waals surface area contributed by atoms with E-state index in [9.17, 15) is 4.79 Å². The Balaban J connectivity index is 1.97. The van der Waals surface area contributed by atoms with Crippen LogP contribution in [0.3, 0.4) is 0 Å². The van der Waals surface area contributed by atoms with E-state index in [1.54, 1.807) is 24.3 Å². The van der Waals surface area contributed by atoms with Crippen LogP contribution in [0.4, 0.5) is 10.5 Å². The van der Waals surface area contributed by atoms with Gasteiger partial charge < -0.3 is 10.2 Å². The van der Waals surface area contributed by atoms with Crippen molar-refractivity contribution in [2.75, 3.05) is 18.4 Å². The first kappa shape index (κ1) is 12.4. The van der Waals surface area contributed by atoms with Gasteiger partial charge in [0.2, 0.25) is 0 Å². The second-order valence-electron chi connectivity index (χ2n) is 5.46. The molecule has 1 heterocycles. The topological polar surface area (TPSA) is 56.1 Å². The van der Waals surface area contributed by atoms with Crippen molar-refractivity contribution in [2.45, 2.75) is 20.3 Å². The second kappa shape index (κ2) is 4.69. The summed E-state index contributed by atoms with van der Waals surface area (Å²) in [5, 5.41) is 11.5. The van der Waals surface area contributed by atoms with Crippen LogP contribution in [0.2, 0.25) is 0 Å². The van der Waals surface area contributed by atoms with Crippen molar-refractivity contribution in [3.05, 3.63) is 29.8 Å². The van der Waals surface area contributed by atoms with Gasteiger partial charge in [-0.3, -0.25) is 0 Å². The number of urea groups is 1. The first-order valence-corrected chi connectivity index (χ1v) is 6.06. The first-order valence-electron chi connectivity index (χ1n) is 6.06. The molecule has 1 aromatic rings. The lowest BCUT2D eigenvalue weighted by atomic mass is 9.93. The zero-order valence-corrected chi connectivity index (χ0v) is 10.7. The summed E-state index contributed by atoms with van der Waals surface area (Å²) in [6.07, 6.45) is 1.04. The number of rotatable bonds is 1. The van der Waals surface area contributed by atoms with E-state index < -0.39 is 0 Å². The molecule has 0 unspecified atom stereocenters. The zero-order chi connectivity index (χ0) is 13.2. The molecule has 2 rings (SSSR count). The van der Waals surface area contributed by atoms with Crippen LogP contribution in [0, 0.1) is 16.7 Å². The van der Waals surface area contributed by atoms with Crippen molar-refractivity contribution in [3.8, 4) is 6.07 Å². The van der Waals surface area contributed by atoms with Crippen LogP contribution < -0.4 is 5.32 Å².